The average molecular weight is 288 g/mol. The summed E-state index contributed by atoms with van der Waals surface area (Å²) >= 11 is 0. The van der Waals surface area contributed by atoms with Gasteiger partial charge in [-0.25, -0.2) is 0 Å². The van der Waals surface area contributed by atoms with Crippen LogP contribution in [0.3, 0.4) is 0 Å². The quantitative estimate of drug-likeness (QED) is 0.661. The van der Waals surface area contributed by atoms with E-state index in [4.69, 9.17) is 0 Å². The minimum Gasteiger partial charge on any atom is -0.508 e. The Hall–Kier alpha value is -0.980. The minimum absolute atomic E-state index is 0.420. The van der Waals surface area contributed by atoms with Crippen LogP contribution in [0.4, 0.5) is 0 Å². The van der Waals surface area contributed by atoms with Crippen LogP contribution in [0.25, 0.3) is 0 Å². The first-order chi connectivity index (χ1) is 10.1. The second kappa shape index (κ2) is 7.87. The van der Waals surface area contributed by atoms with Gasteiger partial charge in [-0.3, -0.25) is 0 Å². The van der Waals surface area contributed by atoms with Gasteiger partial charge in [0.05, 0.1) is 0 Å². The van der Waals surface area contributed by atoms with Crippen LogP contribution in [-0.2, 0) is 0 Å². The molecule has 1 unspecified atom stereocenters. The summed E-state index contributed by atoms with van der Waals surface area (Å²) in [5.41, 5.74) is 2.41. The van der Waals surface area contributed by atoms with Gasteiger partial charge in [-0.05, 0) is 61.1 Å². The zero-order valence-corrected chi connectivity index (χ0v) is 14.1. The first kappa shape index (κ1) is 16.4. The second-order valence-corrected chi connectivity index (χ2v) is 7.23. The van der Waals surface area contributed by atoms with Crippen molar-refractivity contribution >= 4 is 0 Å². The van der Waals surface area contributed by atoms with Gasteiger partial charge in [0.1, 0.15) is 5.75 Å². The Labute approximate surface area is 130 Å². The van der Waals surface area contributed by atoms with Crippen LogP contribution in [0.1, 0.15) is 82.3 Å². The highest BCUT2D eigenvalue weighted by molar-refractivity contribution is 5.36. The van der Waals surface area contributed by atoms with Gasteiger partial charge in [0.25, 0.3) is 0 Å². The van der Waals surface area contributed by atoms with Crippen molar-refractivity contribution in [1.29, 1.82) is 0 Å². The van der Waals surface area contributed by atoms with Gasteiger partial charge in [0, 0.05) is 0 Å². The lowest BCUT2D eigenvalue weighted by Gasteiger charge is -2.27. The summed E-state index contributed by atoms with van der Waals surface area (Å²) in [7, 11) is 0. The molecule has 1 aromatic rings. The van der Waals surface area contributed by atoms with Crippen molar-refractivity contribution in [2.24, 2.45) is 11.8 Å². The molecule has 0 heterocycles. The monoisotopic (exact) mass is 288 g/mol. The molecule has 1 aliphatic rings. The Morgan fingerprint density at radius 1 is 1.19 bits per heavy atom. The molecule has 0 bridgehead atoms. The van der Waals surface area contributed by atoms with Crippen LogP contribution < -0.4 is 0 Å². The van der Waals surface area contributed by atoms with Crippen LogP contribution in [0.5, 0.6) is 5.75 Å². The molecule has 0 aromatic heterocycles. The maximum atomic E-state index is 9.70. The minimum atomic E-state index is 0.420. The van der Waals surface area contributed by atoms with E-state index in [0.717, 1.165) is 17.4 Å². The predicted molar refractivity (Wildman–Crippen MR) is 90.8 cm³/mol. The molecule has 1 nitrogen and oxygen atoms in total. The summed E-state index contributed by atoms with van der Waals surface area (Å²) in [5.74, 6) is 2.85. The standard InChI is InChI=1S/C20H32O/c1-4-18(19-10-11-20(21)16(3)14-19)13-15(2)12-17-8-6-5-7-9-17/h10-11,14-15,17-18,21H,4-9,12-13H2,1-3H3/t15-,18?/m0/s1. The first-order valence-corrected chi connectivity index (χ1v) is 8.89. The molecule has 1 fully saturated rings. The van der Waals surface area contributed by atoms with Crippen LogP contribution in [0.2, 0.25) is 0 Å². The highest BCUT2D eigenvalue weighted by Crippen LogP contribution is 2.35. The zero-order valence-electron chi connectivity index (χ0n) is 14.1. The smallest absolute Gasteiger partial charge is 0.118 e. The average Bonchev–Trinajstić information content (AvgIpc) is 2.49. The summed E-state index contributed by atoms with van der Waals surface area (Å²) in [6.07, 6.45) is 11.2. The maximum Gasteiger partial charge on any atom is 0.118 e. The van der Waals surface area contributed by atoms with E-state index in [1.807, 2.05) is 13.0 Å². The molecule has 1 heteroatoms. The molecule has 1 N–H and O–H groups in total. The lowest BCUT2D eigenvalue weighted by molar-refractivity contribution is 0.280. The third-order valence-corrected chi connectivity index (χ3v) is 5.33. The van der Waals surface area contributed by atoms with Crippen molar-refractivity contribution in [3.05, 3.63) is 29.3 Å². The van der Waals surface area contributed by atoms with Crippen molar-refractivity contribution in [1.82, 2.24) is 0 Å². The van der Waals surface area contributed by atoms with E-state index in [9.17, 15) is 5.11 Å². The van der Waals surface area contributed by atoms with Crippen LogP contribution in [0.15, 0.2) is 18.2 Å². The molecule has 0 saturated heterocycles. The molecule has 21 heavy (non-hydrogen) atoms. The Balaban J connectivity index is 1.92. The molecule has 0 amide bonds. The Morgan fingerprint density at radius 2 is 1.90 bits per heavy atom. The van der Waals surface area contributed by atoms with Gasteiger partial charge in [0.2, 0.25) is 0 Å². The van der Waals surface area contributed by atoms with Crippen molar-refractivity contribution in [3.8, 4) is 5.75 Å². The van der Waals surface area contributed by atoms with Gasteiger partial charge in [0.15, 0.2) is 0 Å². The van der Waals surface area contributed by atoms with Crippen molar-refractivity contribution < 1.29 is 5.11 Å². The number of rotatable bonds is 6. The van der Waals surface area contributed by atoms with E-state index in [-0.39, 0.29) is 0 Å². The van der Waals surface area contributed by atoms with E-state index in [1.165, 1.54) is 56.9 Å². The van der Waals surface area contributed by atoms with Crippen LogP contribution in [0, 0.1) is 18.8 Å². The third kappa shape index (κ3) is 4.76. The Kier molecular flexibility index (Phi) is 6.14. The van der Waals surface area contributed by atoms with Gasteiger partial charge in [-0.1, -0.05) is 58.1 Å². The number of aromatic hydroxyl groups is 1. The number of phenols is 1. The summed E-state index contributed by atoms with van der Waals surface area (Å²) < 4.78 is 0. The highest BCUT2D eigenvalue weighted by atomic mass is 16.3. The fourth-order valence-corrected chi connectivity index (χ4v) is 4.04. The lowest BCUT2D eigenvalue weighted by Crippen LogP contribution is -2.13. The highest BCUT2D eigenvalue weighted by Gasteiger charge is 2.20. The number of phenolic OH excluding ortho intramolecular Hbond substituents is 1. The first-order valence-electron chi connectivity index (χ1n) is 8.89. The van der Waals surface area contributed by atoms with E-state index < -0.39 is 0 Å². The van der Waals surface area contributed by atoms with E-state index in [2.05, 4.69) is 26.0 Å². The topological polar surface area (TPSA) is 20.2 Å². The van der Waals surface area contributed by atoms with Gasteiger partial charge >= 0.3 is 0 Å². The lowest BCUT2D eigenvalue weighted by atomic mass is 9.79. The molecule has 1 aliphatic carbocycles. The van der Waals surface area contributed by atoms with Gasteiger partial charge in [-0.2, -0.15) is 0 Å². The molecule has 2 rings (SSSR count). The van der Waals surface area contributed by atoms with Gasteiger partial charge in [-0.15, -0.1) is 0 Å². The largest absolute Gasteiger partial charge is 0.508 e. The third-order valence-electron chi connectivity index (χ3n) is 5.33. The molecule has 0 aliphatic heterocycles. The Morgan fingerprint density at radius 3 is 2.52 bits per heavy atom. The molecule has 1 saturated carbocycles. The molecule has 2 atom stereocenters. The van der Waals surface area contributed by atoms with Gasteiger partial charge < -0.3 is 5.11 Å². The maximum absolute atomic E-state index is 9.70. The van der Waals surface area contributed by atoms with Crippen LogP contribution in [-0.4, -0.2) is 5.11 Å². The fraction of sp³-hybridized carbons (Fsp3) is 0.700. The molecule has 1 aromatic carbocycles. The summed E-state index contributed by atoms with van der Waals surface area (Å²) in [6, 6.07) is 6.15. The molecular formula is C20H32O. The number of hydrogen-bond acceptors (Lipinski definition) is 1. The number of hydrogen-bond donors (Lipinski definition) is 1. The molecule has 0 spiro atoms. The number of benzene rings is 1. The van der Waals surface area contributed by atoms with Crippen molar-refractivity contribution in [3.63, 3.8) is 0 Å². The number of aryl methyl sites for hydroxylation is 1. The SMILES string of the molecule is CCC(C[C@@H](C)CC1CCCCC1)c1ccc(O)c(C)c1. The molecular weight excluding hydrogens is 256 g/mol. The normalized spacial score (nSPS) is 19.4. The van der Waals surface area contributed by atoms with Crippen molar-refractivity contribution in [2.45, 2.75) is 78.1 Å². The molecule has 0 radical (unpaired) electrons. The molecule has 118 valence electrons. The predicted octanol–water partition coefficient (Wildman–Crippen LogP) is 6.19. The Bertz CT molecular complexity index is 431. The summed E-state index contributed by atoms with van der Waals surface area (Å²) in [5, 5.41) is 9.70. The van der Waals surface area contributed by atoms with E-state index >= 15 is 0 Å². The van der Waals surface area contributed by atoms with Crippen LogP contribution >= 0.6 is 0 Å². The summed E-state index contributed by atoms with van der Waals surface area (Å²) in [4.78, 5) is 0. The van der Waals surface area contributed by atoms with E-state index in [1.54, 1.807) is 0 Å². The summed E-state index contributed by atoms with van der Waals surface area (Å²) in [6.45, 7) is 6.72. The second-order valence-electron chi connectivity index (χ2n) is 7.23. The van der Waals surface area contributed by atoms with E-state index in [0.29, 0.717) is 11.7 Å². The fourth-order valence-electron chi connectivity index (χ4n) is 4.04. The van der Waals surface area contributed by atoms with Crippen molar-refractivity contribution in [2.75, 3.05) is 0 Å². The zero-order chi connectivity index (χ0) is 15.2.